The molecule has 0 heterocycles. The molecule has 3 nitrogen and oxygen atoms in total. The van der Waals surface area contributed by atoms with Crippen molar-refractivity contribution in [3.05, 3.63) is 0 Å². The smallest absolute Gasteiger partial charge is 0.236 e. The van der Waals surface area contributed by atoms with E-state index in [4.69, 9.17) is 5.73 Å². The molecule has 0 saturated carbocycles. The van der Waals surface area contributed by atoms with E-state index in [9.17, 15) is 4.79 Å². The van der Waals surface area contributed by atoms with Crippen LogP contribution < -0.4 is 11.1 Å². The van der Waals surface area contributed by atoms with E-state index < -0.39 is 6.04 Å². The molecule has 0 aliphatic heterocycles. The van der Waals surface area contributed by atoms with E-state index in [1.165, 1.54) is 0 Å². The molecular weight excluding hydrogens is 140 g/mol. The maximum atomic E-state index is 11.0. The third kappa shape index (κ3) is 5.85. The van der Waals surface area contributed by atoms with Gasteiger partial charge in [-0.15, -0.1) is 0 Å². The van der Waals surface area contributed by atoms with Crippen molar-refractivity contribution in [2.45, 2.75) is 33.7 Å². The van der Waals surface area contributed by atoms with Crippen molar-refractivity contribution in [1.29, 1.82) is 0 Å². The first-order valence-corrected chi connectivity index (χ1v) is 3.86. The average molecular weight is 158 g/mol. The molecule has 0 aliphatic rings. The van der Waals surface area contributed by atoms with Gasteiger partial charge in [-0.05, 0) is 12.3 Å². The van der Waals surface area contributed by atoms with E-state index in [0.29, 0.717) is 6.54 Å². The summed E-state index contributed by atoms with van der Waals surface area (Å²) in [6, 6.07) is -0.405. The molecule has 0 fully saturated rings. The predicted molar refractivity (Wildman–Crippen MR) is 46.1 cm³/mol. The third-order valence-electron chi connectivity index (χ3n) is 1.21. The lowest BCUT2D eigenvalue weighted by Crippen LogP contribution is -2.41. The number of hydrogen-bond acceptors (Lipinski definition) is 2. The Morgan fingerprint density at radius 3 is 2.27 bits per heavy atom. The molecule has 0 bridgehead atoms. The topological polar surface area (TPSA) is 55.1 Å². The van der Waals surface area contributed by atoms with Crippen molar-refractivity contribution < 1.29 is 4.79 Å². The van der Waals surface area contributed by atoms with Crippen LogP contribution in [0.4, 0.5) is 0 Å². The van der Waals surface area contributed by atoms with Crippen LogP contribution in [0.2, 0.25) is 0 Å². The SMILES string of the molecule is CC(N)C(=O)NCC(C)(C)C. The monoisotopic (exact) mass is 158 g/mol. The van der Waals surface area contributed by atoms with Gasteiger partial charge in [0.05, 0.1) is 6.04 Å². The molecule has 0 rings (SSSR count). The van der Waals surface area contributed by atoms with Gasteiger partial charge in [0.1, 0.15) is 0 Å². The lowest BCUT2D eigenvalue weighted by molar-refractivity contribution is -0.122. The highest BCUT2D eigenvalue weighted by molar-refractivity contribution is 5.80. The van der Waals surface area contributed by atoms with E-state index in [1.54, 1.807) is 6.92 Å². The molecule has 0 saturated heterocycles. The number of hydrogen-bond donors (Lipinski definition) is 2. The molecule has 3 heteroatoms. The van der Waals surface area contributed by atoms with Crippen molar-refractivity contribution in [2.24, 2.45) is 11.1 Å². The number of nitrogens with two attached hydrogens (primary N) is 1. The summed E-state index contributed by atoms with van der Waals surface area (Å²) < 4.78 is 0. The first-order valence-electron chi connectivity index (χ1n) is 3.86. The number of amides is 1. The average Bonchev–Trinajstić information content (AvgIpc) is 1.80. The van der Waals surface area contributed by atoms with Crippen molar-refractivity contribution in [2.75, 3.05) is 6.54 Å². The molecule has 0 aromatic heterocycles. The molecule has 11 heavy (non-hydrogen) atoms. The number of carbonyl (C=O) groups excluding carboxylic acids is 1. The number of nitrogens with one attached hydrogen (secondary N) is 1. The minimum absolute atomic E-state index is 0.0834. The quantitative estimate of drug-likeness (QED) is 0.614. The fraction of sp³-hybridized carbons (Fsp3) is 0.875. The third-order valence-corrected chi connectivity index (χ3v) is 1.21. The van der Waals surface area contributed by atoms with E-state index in [0.717, 1.165) is 0 Å². The minimum atomic E-state index is -0.405. The molecular formula is C8H18N2O. The lowest BCUT2D eigenvalue weighted by atomic mass is 9.97. The Morgan fingerprint density at radius 1 is 1.55 bits per heavy atom. The number of rotatable bonds is 2. The molecule has 0 aromatic carbocycles. The molecule has 0 aromatic rings. The summed E-state index contributed by atoms with van der Waals surface area (Å²) in [5, 5.41) is 2.76. The zero-order valence-corrected chi connectivity index (χ0v) is 7.77. The zero-order chi connectivity index (χ0) is 9.07. The Balaban J connectivity index is 3.64. The van der Waals surface area contributed by atoms with Crippen LogP contribution in [0.3, 0.4) is 0 Å². The van der Waals surface area contributed by atoms with Crippen LogP contribution in [-0.2, 0) is 4.79 Å². The van der Waals surface area contributed by atoms with Crippen LogP contribution in [0.5, 0.6) is 0 Å². The van der Waals surface area contributed by atoms with Crippen LogP contribution in [-0.4, -0.2) is 18.5 Å². The Labute approximate surface area is 68.3 Å². The molecule has 0 radical (unpaired) electrons. The summed E-state index contributed by atoms with van der Waals surface area (Å²) in [4.78, 5) is 11.0. The van der Waals surface area contributed by atoms with Gasteiger partial charge in [0.25, 0.3) is 0 Å². The highest BCUT2D eigenvalue weighted by Crippen LogP contribution is 2.09. The van der Waals surface area contributed by atoms with E-state index in [-0.39, 0.29) is 11.3 Å². The Morgan fingerprint density at radius 2 is 2.00 bits per heavy atom. The van der Waals surface area contributed by atoms with Gasteiger partial charge in [0, 0.05) is 6.54 Å². The van der Waals surface area contributed by atoms with Crippen molar-refractivity contribution in [3.8, 4) is 0 Å². The molecule has 1 unspecified atom stereocenters. The second kappa shape index (κ2) is 3.72. The van der Waals surface area contributed by atoms with Crippen LogP contribution in [0, 0.1) is 5.41 Å². The summed E-state index contributed by atoms with van der Waals surface area (Å²) in [6.07, 6.45) is 0. The van der Waals surface area contributed by atoms with Crippen molar-refractivity contribution in [3.63, 3.8) is 0 Å². The predicted octanol–water partition coefficient (Wildman–Crippen LogP) is 0.496. The van der Waals surface area contributed by atoms with Gasteiger partial charge >= 0.3 is 0 Å². The normalized spacial score (nSPS) is 14.3. The summed E-state index contributed by atoms with van der Waals surface area (Å²) >= 11 is 0. The molecule has 66 valence electrons. The van der Waals surface area contributed by atoms with Gasteiger partial charge in [-0.1, -0.05) is 20.8 Å². The molecule has 3 N–H and O–H groups in total. The Hall–Kier alpha value is -0.570. The first kappa shape index (κ1) is 10.4. The molecule has 0 aliphatic carbocycles. The largest absolute Gasteiger partial charge is 0.354 e. The molecule has 0 spiro atoms. The van der Waals surface area contributed by atoms with Crippen LogP contribution in [0.25, 0.3) is 0 Å². The Kier molecular flexibility index (Phi) is 3.52. The number of carbonyl (C=O) groups is 1. The summed E-state index contributed by atoms with van der Waals surface area (Å²) in [6.45, 7) is 8.54. The van der Waals surface area contributed by atoms with E-state index in [1.807, 2.05) is 0 Å². The Bertz CT molecular complexity index is 136. The van der Waals surface area contributed by atoms with Gasteiger partial charge in [-0.3, -0.25) is 4.79 Å². The van der Waals surface area contributed by atoms with Crippen molar-refractivity contribution >= 4 is 5.91 Å². The van der Waals surface area contributed by atoms with Crippen LogP contribution >= 0.6 is 0 Å². The van der Waals surface area contributed by atoms with Gasteiger partial charge < -0.3 is 11.1 Å². The standard InChI is InChI=1S/C8H18N2O/c1-6(9)7(11)10-5-8(2,3)4/h6H,5,9H2,1-4H3,(H,10,11). The summed E-state index contributed by atoms with van der Waals surface area (Å²) in [7, 11) is 0. The van der Waals surface area contributed by atoms with Gasteiger partial charge in [0.15, 0.2) is 0 Å². The van der Waals surface area contributed by atoms with E-state index >= 15 is 0 Å². The van der Waals surface area contributed by atoms with Gasteiger partial charge in [-0.25, -0.2) is 0 Å². The first-order chi connectivity index (χ1) is 4.83. The molecule has 1 amide bonds. The van der Waals surface area contributed by atoms with Crippen LogP contribution in [0.1, 0.15) is 27.7 Å². The summed E-state index contributed by atoms with van der Waals surface area (Å²) in [5.41, 5.74) is 5.48. The zero-order valence-electron chi connectivity index (χ0n) is 7.77. The molecule has 1 atom stereocenters. The maximum Gasteiger partial charge on any atom is 0.236 e. The highest BCUT2D eigenvalue weighted by Gasteiger charge is 2.13. The van der Waals surface area contributed by atoms with Gasteiger partial charge in [0.2, 0.25) is 5.91 Å². The van der Waals surface area contributed by atoms with Crippen molar-refractivity contribution in [1.82, 2.24) is 5.32 Å². The fourth-order valence-corrected chi connectivity index (χ4v) is 0.513. The fourth-order valence-electron chi connectivity index (χ4n) is 0.513. The maximum absolute atomic E-state index is 11.0. The lowest BCUT2D eigenvalue weighted by Gasteiger charge is -2.19. The second-order valence-electron chi connectivity index (χ2n) is 4.07. The second-order valence-corrected chi connectivity index (χ2v) is 4.07. The van der Waals surface area contributed by atoms with E-state index in [2.05, 4.69) is 26.1 Å². The highest BCUT2D eigenvalue weighted by atomic mass is 16.2. The van der Waals surface area contributed by atoms with Gasteiger partial charge in [-0.2, -0.15) is 0 Å². The minimum Gasteiger partial charge on any atom is -0.354 e. The summed E-state index contributed by atoms with van der Waals surface area (Å²) in [5.74, 6) is -0.0834. The van der Waals surface area contributed by atoms with Crippen LogP contribution in [0.15, 0.2) is 0 Å².